The van der Waals surface area contributed by atoms with E-state index in [1.807, 2.05) is 0 Å². The Morgan fingerprint density at radius 3 is 1.21 bits per heavy atom. The summed E-state index contributed by atoms with van der Waals surface area (Å²) in [4.78, 5) is 48.0. The van der Waals surface area contributed by atoms with Crippen molar-refractivity contribution in [2.24, 2.45) is 0 Å². The highest BCUT2D eigenvalue weighted by Crippen LogP contribution is 2.15. The van der Waals surface area contributed by atoms with Crippen molar-refractivity contribution in [2.75, 3.05) is 13.1 Å². The van der Waals surface area contributed by atoms with E-state index in [1.54, 1.807) is 0 Å². The van der Waals surface area contributed by atoms with Crippen LogP contribution in [-0.4, -0.2) is 46.5 Å². The van der Waals surface area contributed by atoms with Crippen molar-refractivity contribution in [1.29, 1.82) is 0 Å². The second-order valence-electron chi connectivity index (χ2n) is 4.94. The average molecular weight is 266 g/mol. The molecule has 2 aliphatic heterocycles. The van der Waals surface area contributed by atoms with Crippen molar-refractivity contribution in [3.05, 3.63) is 0 Å². The van der Waals surface area contributed by atoms with Crippen molar-refractivity contribution in [2.45, 2.75) is 44.9 Å². The fourth-order valence-corrected chi connectivity index (χ4v) is 2.46. The van der Waals surface area contributed by atoms with E-state index in [9.17, 15) is 19.2 Å². The maximum Gasteiger partial charge on any atom is 0.229 e. The summed E-state index contributed by atoms with van der Waals surface area (Å²) in [7, 11) is 0. The normalized spacial score (nSPS) is 20.0. The second kappa shape index (κ2) is 5.95. The first-order valence-corrected chi connectivity index (χ1v) is 6.76. The summed E-state index contributed by atoms with van der Waals surface area (Å²) in [6.45, 7) is 0.916. The van der Waals surface area contributed by atoms with E-state index in [1.165, 1.54) is 9.80 Å². The molecule has 0 aromatic carbocycles. The van der Waals surface area contributed by atoms with E-state index in [0.717, 1.165) is 19.3 Å². The van der Waals surface area contributed by atoms with Gasteiger partial charge in [-0.3, -0.25) is 29.0 Å². The predicted molar refractivity (Wildman–Crippen MR) is 65.8 cm³/mol. The summed E-state index contributed by atoms with van der Waals surface area (Å²) in [5.41, 5.74) is 0. The molecule has 6 nitrogen and oxygen atoms in total. The molecule has 0 saturated carbocycles. The molecule has 2 saturated heterocycles. The molecule has 2 aliphatic rings. The molecule has 0 N–H and O–H groups in total. The molecule has 2 heterocycles. The molecule has 2 rings (SSSR count). The van der Waals surface area contributed by atoms with Crippen LogP contribution >= 0.6 is 0 Å². The van der Waals surface area contributed by atoms with Crippen LogP contribution in [0, 0.1) is 0 Å². The Bertz CT molecular complexity index is 349. The Balaban J connectivity index is 1.62. The standard InChI is InChI=1S/C13H18N2O4/c16-10-4-5-11(17)14(10)8-2-1-3-9-15-12(18)6-7-13(15)19/h1-9H2. The summed E-state index contributed by atoms with van der Waals surface area (Å²) >= 11 is 0. The summed E-state index contributed by atoms with van der Waals surface area (Å²) in [5, 5.41) is 0. The molecule has 0 aromatic rings. The zero-order chi connectivity index (χ0) is 13.8. The Hall–Kier alpha value is -1.72. The van der Waals surface area contributed by atoms with Crippen LogP contribution in [0.1, 0.15) is 44.9 Å². The van der Waals surface area contributed by atoms with Crippen LogP contribution in [0.3, 0.4) is 0 Å². The molecule has 4 amide bonds. The highest BCUT2D eigenvalue weighted by Gasteiger charge is 2.29. The summed E-state index contributed by atoms with van der Waals surface area (Å²) in [5.74, 6) is -0.352. The largest absolute Gasteiger partial charge is 0.283 e. The minimum atomic E-state index is -0.0881. The zero-order valence-corrected chi connectivity index (χ0v) is 10.9. The summed E-state index contributed by atoms with van der Waals surface area (Å²) in [6.07, 6.45) is 3.58. The molecular formula is C13H18N2O4. The maximum absolute atomic E-state index is 11.4. The number of imide groups is 2. The third-order valence-electron chi connectivity index (χ3n) is 3.57. The fourth-order valence-electron chi connectivity index (χ4n) is 2.46. The highest BCUT2D eigenvalue weighted by molar-refractivity contribution is 6.02. The lowest BCUT2D eigenvalue weighted by molar-refractivity contribution is -0.139. The Labute approximate surface area is 111 Å². The Kier molecular flexibility index (Phi) is 4.29. The van der Waals surface area contributed by atoms with Gasteiger partial charge in [-0.05, 0) is 19.3 Å². The number of unbranched alkanes of at least 4 members (excludes halogenated alkanes) is 2. The highest BCUT2D eigenvalue weighted by atomic mass is 16.2. The lowest BCUT2D eigenvalue weighted by Crippen LogP contribution is -2.31. The number of rotatable bonds is 6. The zero-order valence-electron chi connectivity index (χ0n) is 10.9. The molecular weight excluding hydrogens is 248 g/mol. The van der Waals surface area contributed by atoms with Gasteiger partial charge in [0.25, 0.3) is 0 Å². The van der Waals surface area contributed by atoms with Crippen LogP contribution in [0.5, 0.6) is 0 Å². The molecule has 0 spiro atoms. The molecule has 2 fully saturated rings. The van der Waals surface area contributed by atoms with E-state index in [4.69, 9.17) is 0 Å². The van der Waals surface area contributed by atoms with Gasteiger partial charge in [0.1, 0.15) is 0 Å². The van der Waals surface area contributed by atoms with E-state index < -0.39 is 0 Å². The van der Waals surface area contributed by atoms with Crippen LogP contribution < -0.4 is 0 Å². The van der Waals surface area contributed by atoms with Gasteiger partial charge in [-0.2, -0.15) is 0 Å². The van der Waals surface area contributed by atoms with Gasteiger partial charge in [-0.25, -0.2) is 0 Å². The minimum Gasteiger partial charge on any atom is -0.283 e. The van der Waals surface area contributed by atoms with Crippen molar-refractivity contribution in [3.63, 3.8) is 0 Å². The minimum absolute atomic E-state index is 0.0881. The smallest absolute Gasteiger partial charge is 0.229 e. The molecule has 0 bridgehead atoms. The number of hydrogen-bond acceptors (Lipinski definition) is 4. The molecule has 0 aromatic heterocycles. The average Bonchev–Trinajstić information content (AvgIpc) is 2.86. The van der Waals surface area contributed by atoms with E-state index in [2.05, 4.69) is 0 Å². The molecule has 0 radical (unpaired) electrons. The molecule has 19 heavy (non-hydrogen) atoms. The van der Waals surface area contributed by atoms with Gasteiger partial charge >= 0.3 is 0 Å². The van der Waals surface area contributed by atoms with Gasteiger partial charge < -0.3 is 0 Å². The van der Waals surface area contributed by atoms with Crippen molar-refractivity contribution < 1.29 is 19.2 Å². The van der Waals surface area contributed by atoms with Crippen molar-refractivity contribution in [3.8, 4) is 0 Å². The van der Waals surface area contributed by atoms with E-state index in [-0.39, 0.29) is 23.6 Å². The summed E-state index contributed by atoms with van der Waals surface area (Å²) < 4.78 is 0. The first-order valence-electron chi connectivity index (χ1n) is 6.76. The van der Waals surface area contributed by atoms with Crippen LogP contribution in [-0.2, 0) is 19.2 Å². The number of hydrogen-bond donors (Lipinski definition) is 0. The molecule has 0 atom stereocenters. The molecule has 0 unspecified atom stereocenters. The van der Waals surface area contributed by atoms with Gasteiger partial charge in [-0.1, -0.05) is 0 Å². The van der Waals surface area contributed by atoms with Gasteiger partial charge in [0.05, 0.1) is 0 Å². The van der Waals surface area contributed by atoms with Gasteiger partial charge in [0.15, 0.2) is 0 Å². The lowest BCUT2D eigenvalue weighted by Gasteiger charge is -2.15. The Morgan fingerprint density at radius 2 is 0.895 bits per heavy atom. The lowest BCUT2D eigenvalue weighted by atomic mass is 10.2. The van der Waals surface area contributed by atoms with Crippen LogP contribution in [0.2, 0.25) is 0 Å². The molecule has 0 aliphatic carbocycles. The van der Waals surface area contributed by atoms with Crippen molar-refractivity contribution in [1.82, 2.24) is 9.80 Å². The SMILES string of the molecule is O=C1CCC(=O)N1CCCCCN1C(=O)CCC1=O. The fraction of sp³-hybridized carbons (Fsp3) is 0.692. The van der Waals surface area contributed by atoms with Gasteiger partial charge in [0, 0.05) is 38.8 Å². The maximum atomic E-state index is 11.4. The molecule has 104 valence electrons. The predicted octanol–water partition coefficient (Wildman–Crippen LogP) is 0.455. The Morgan fingerprint density at radius 1 is 0.579 bits per heavy atom. The number of nitrogens with zero attached hydrogens (tertiary/aromatic N) is 2. The monoisotopic (exact) mass is 266 g/mol. The van der Waals surface area contributed by atoms with E-state index in [0.29, 0.717) is 38.8 Å². The van der Waals surface area contributed by atoms with Gasteiger partial charge in [-0.15, -0.1) is 0 Å². The number of carbonyl (C=O) groups is 4. The van der Waals surface area contributed by atoms with Crippen LogP contribution in [0.4, 0.5) is 0 Å². The van der Waals surface area contributed by atoms with Crippen LogP contribution in [0.25, 0.3) is 0 Å². The topological polar surface area (TPSA) is 74.8 Å². The van der Waals surface area contributed by atoms with Gasteiger partial charge in [0.2, 0.25) is 23.6 Å². The third-order valence-corrected chi connectivity index (χ3v) is 3.57. The first-order chi connectivity index (χ1) is 9.09. The number of amides is 4. The van der Waals surface area contributed by atoms with Crippen LogP contribution in [0.15, 0.2) is 0 Å². The molecule has 6 heteroatoms. The van der Waals surface area contributed by atoms with Crippen molar-refractivity contribution >= 4 is 23.6 Å². The second-order valence-corrected chi connectivity index (χ2v) is 4.94. The number of likely N-dealkylation sites (tertiary alicyclic amines) is 2. The van der Waals surface area contributed by atoms with E-state index >= 15 is 0 Å². The first kappa shape index (κ1) is 13.7. The third kappa shape index (κ3) is 3.19. The summed E-state index contributed by atoms with van der Waals surface area (Å²) in [6, 6.07) is 0. The quantitative estimate of drug-likeness (QED) is 0.517. The number of carbonyl (C=O) groups excluding carboxylic acids is 4.